The molecule has 1 amide bonds. The number of aliphatic carboxylic acids is 1. The second-order valence-electron chi connectivity index (χ2n) is 6.51. The van der Waals surface area contributed by atoms with E-state index in [0.717, 1.165) is 26.2 Å². The number of nitrogens with zero attached hydrogens (tertiary/aromatic N) is 1. The van der Waals surface area contributed by atoms with Crippen molar-refractivity contribution in [3.05, 3.63) is 0 Å². The number of likely N-dealkylation sites (tertiary alicyclic amines) is 1. The van der Waals surface area contributed by atoms with E-state index in [-0.39, 0.29) is 11.8 Å². The highest BCUT2D eigenvalue weighted by Crippen LogP contribution is 2.22. The molecule has 1 saturated carbocycles. The molecule has 0 atom stereocenters. The molecule has 1 aliphatic heterocycles. The second-order valence-corrected chi connectivity index (χ2v) is 6.51. The Morgan fingerprint density at radius 2 is 1.71 bits per heavy atom. The van der Waals surface area contributed by atoms with Gasteiger partial charge >= 0.3 is 5.97 Å². The zero-order valence-corrected chi connectivity index (χ0v) is 12.9. The monoisotopic (exact) mass is 296 g/mol. The molecule has 2 aliphatic rings. The van der Waals surface area contributed by atoms with Crippen LogP contribution in [0.5, 0.6) is 0 Å². The fourth-order valence-corrected chi connectivity index (χ4v) is 3.40. The topological polar surface area (TPSA) is 69.6 Å². The van der Waals surface area contributed by atoms with Crippen LogP contribution < -0.4 is 5.32 Å². The minimum atomic E-state index is -0.681. The van der Waals surface area contributed by atoms with Crippen molar-refractivity contribution in [2.45, 2.75) is 51.4 Å². The summed E-state index contributed by atoms with van der Waals surface area (Å²) in [4.78, 5) is 25.0. The molecule has 0 aromatic carbocycles. The van der Waals surface area contributed by atoms with Gasteiger partial charge in [0.15, 0.2) is 0 Å². The van der Waals surface area contributed by atoms with E-state index in [2.05, 4.69) is 10.2 Å². The minimum Gasteiger partial charge on any atom is -0.481 e. The Bertz CT molecular complexity index is 345. The summed E-state index contributed by atoms with van der Waals surface area (Å²) in [6.45, 7) is 3.18. The van der Waals surface area contributed by atoms with E-state index in [4.69, 9.17) is 5.11 Å². The number of rotatable bonds is 6. The van der Waals surface area contributed by atoms with Crippen molar-refractivity contribution < 1.29 is 14.7 Å². The summed E-state index contributed by atoms with van der Waals surface area (Å²) >= 11 is 0. The van der Waals surface area contributed by atoms with Crippen molar-refractivity contribution in [1.29, 1.82) is 0 Å². The number of hydrogen-bond acceptors (Lipinski definition) is 3. The highest BCUT2D eigenvalue weighted by Gasteiger charge is 2.24. The first-order valence-corrected chi connectivity index (χ1v) is 8.37. The standard InChI is InChI=1S/C16H28N2O3/c19-15(17-12-13-4-2-1-3-5-13)8-11-18-9-6-14(7-10-18)16(20)21/h13-14H,1-12H2,(H,17,19)(H,20,21). The Hall–Kier alpha value is -1.10. The van der Waals surface area contributed by atoms with Gasteiger partial charge in [-0.3, -0.25) is 9.59 Å². The Morgan fingerprint density at radius 3 is 2.33 bits per heavy atom. The molecular weight excluding hydrogens is 268 g/mol. The molecule has 5 nitrogen and oxygen atoms in total. The number of amides is 1. The third-order valence-corrected chi connectivity index (χ3v) is 4.90. The Labute approximate surface area is 127 Å². The van der Waals surface area contributed by atoms with E-state index in [9.17, 15) is 9.59 Å². The number of carboxylic acids is 1. The smallest absolute Gasteiger partial charge is 0.306 e. The molecule has 1 heterocycles. The zero-order valence-electron chi connectivity index (χ0n) is 12.9. The highest BCUT2D eigenvalue weighted by molar-refractivity contribution is 5.76. The average molecular weight is 296 g/mol. The first-order chi connectivity index (χ1) is 10.1. The van der Waals surface area contributed by atoms with Crippen molar-refractivity contribution >= 4 is 11.9 Å². The van der Waals surface area contributed by atoms with Gasteiger partial charge in [0.1, 0.15) is 0 Å². The van der Waals surface area contributed by atoms with Crippen molar-refractivity contribution in [2.75, 3.05) is 26.2 Å². The van der Waals surface area contributed by atoms with Crippen LogP contribution in [0, 0.1) is 11.8 Å². The van der Waals surface area contributed by atoms with Gasteiger partial charge in [0, 0.05) is 19.5 Å². The van der Waals surface area contributed by atoms with Gasteiger partial charge in [0.05, 0.1) is 5.92 Å². The quantitative estimate of drug-likeness (QED) is 0.785. The molecule has 0 unspecified atom stereocenters. The number of hydrogen-bond donors (Lipinski definition) is 2. The number of carbonyl (C=O) groups is 2. The molecule has 21 heavy (non-hydrogen) atoms. The Kier molecular flexibility index (Phi) is 6.49. The number of carbonyl (C=O) groups excluding carboxylic acids is 1. The lowest BCUT2D eigenvalue weighted by molar-refractivity contribution is -0.143. The van der Waals surface area contributed by atoms with Crippen molar-refractivity contribution in [3.8, 4) is 0 Å². The number of nitrogens with one attached hydrogen (secondary N) is 1. The van der Waals surface area contributed by atoms with Crippen LogP contribution in [0.2, 0.25) is 0 Å². The van der Waals surface area contributed by atoms with E-state index >= 15 is 0 Å². The maximum absolute atomic E-state index is 11.9. The second kappa shape index (κ2) is 8.37. The van der Waals surface area contributed by atoms with E-state index in [0.29, 0.717) is 25.2 Å². The van der Waals surface area contributed by atoms with Crippen molar-refractivity contribution in [3.63, 3.8) is 0 Å². The molecule has 1 saturated heterocycles. The molecule has 0 bridgehead atoms. The SMILES string of the molecule is O=C(CCN1CCC(C(=O)O)CC1)NCC1CCCCC1. The lowest BCUT2D eigenvalue weighted by atomic mass is 9.89. The van der Waals surface area contributed by atoms with Crippen LogP contribution in [-0.4, -0.2) is 48.1 Å². The number of carboxylic acid groups (broad SMARTS) is 1. The number of piperidine rings is 1. The predicted octanol–water partition coefficient (Wildman–Crippen LogP) is 1.87. The molecule has 0 aromatic rings. The highest BCUT2D eigenvalue weighted by atomic mass is 16.4. The fourth-order valence-electron chi connectivity index (χ4n) is 3.40. The summed E-state index contributed by atoms with van der Waals surface area (Å²) in [5, 5.41) is 12.0. The van der Waals surface area contributed by atoms with Gasteiger partial charge in [0.25, 0.3) is 0 Å². The Balaban J connectivity index is 1.55. The summed E-state index contributed by atoms with van der Waals surface area (Å²) in [7, 11) is 0. The molecule has 2 rings (SSSR count). The fraction of sp³-hybridized carbons (Fsp3) is 0.875. The third-order valence-electron chi connectivity index (χ3n) is 4.90. The molecule has 5 heteroatoms. The van der Waals surface area contributed by atoms with Crippen LogP contribution in [-0.2, 0) is 9.59 Å². The van der Waals surface area contributed by atoms with Gasteiger partial charge < -0.3 is 15.3 Å². The zero-order chi connectivity index (χ0) is 15.1. The Morgan fingerprint density at radius 1 is 1.05 bits per heavy atom. The van der Waals surface area contributed by atoms with Gasteiger partial charge in [-0.1, -0.05) is 19.3 Å². The predicted molar refractivity (Wildman–Crippen MR) is 81.0 cm³/mol. The van der Waals surface area contributed by atoms with Crippen LogP contribution in [0.4, 0.5) is 0 Å². The van der Waals surface area contributed by atoms with Crippen LogP contribution >= 0.6 is 0 Å². The van der Waals surface area contributed by atoms with Gasteiger partial charge in [-0.15, -0.1) is 0 Å². The van der Waals surface area contributed by atoms with Gasteiger partial charge in [-0.25, -0.2) is 0 Å². The van der Waals surface area contributed by atoms with E-state index in [1.807, 2.05) is 0 Å². The van der Waals surface area contributed by atoms with Crippen molar-refractivity contribution in [1.82, 2.24) is 10.2 Å². The molecule has 0 aromatic heterocycles. The maximum atomic E-state index is 11.9. The molecule has 2 N–H and O–H groups in total. The summed E-state index contributed by atoms with van der Waals surface area (Å²) in [5.74, 6) is -0.0591. The van der Waals surface area contributed by atoms with Crippen LogP contribution in [0.25, 0.3) is 0 Å². The minimum absolute atomic E-state index is 0.140. The molecular formula is C16H28N2O3. The first-order valence-electron chi connectivity index (χ1n) is 8.37. The molecule has 1 aliphatic carbocycles. The normalized spacial score (nSPS) is 22.1. The van der Waals surface area contributed by atoms with Crippen LogP contribution in [0.3, 0.4) is 0 Å². The largest absolute Gasteiger partial charge is 0.481 e. The lowest BCUT2D eigenvalue weighted by Gasteiger charge is -2.29. The van der Waals surface area contributed by atoms with Crippen molar-refractivity contribution in [2.24, 2.45) is 11.8 Å². The van der Waals surface area contributed by atoms with E-state index < -0.39 is 5.97 Å². The van der Waals surface area contributed by atoms with Gasteiger partial charge in [-0.2, -0.15) is 0 Å². The maximum Gasteiger partial charge on any atom is 0.306 e. The lowest BCUT2D eigenvalue weighted by Crippen LogP contribution is -2.39. The first kappa shape index (κ1) is 16.3. The molecule has 0 radical (unpaired) electrons. The average Bonchev–Trinajstić information content (AvgIpc) is 2.52. The summed E-state index contributed by atoms with van der Waals surface area (Å²) in [5.41, 5.74) is 0. The van der Waals surface area contributed by atoms with E-state index in [1.54, 1.807) is 0 Å². The van der Waals surface area contributed by atoms with Gasteiger partial charge in [0.2, 0.25) is 5.91 Å². The van der Waals surface area contributed by atoms with Crippen LogP contribution in [0.1, 0.15) is 51.4 Å². The summed E-state index contributed by atoms with van der Waals surface area (Å²) in [6, 6.07) is 0. The van der Waals surface area contributed by atoms with Gasteiger partial charge in [-0.05, 0) is 44.7 Å². The molecule has 2 fully saturated rings. The molecule has 120 valence electrons. The summed E-state index contributed by atoms with van der Waals surface area (Å²) in [6.07, 6.45) is 8.41. The van der Waals surface area contributed by atoms with E-state index in [1.165, 1.54) is 32.1 Å². The third kappa shape index (κ3) is 5.65. The summed E-state index contributed by atoms with van der Waals surface area (Å²) < 4.78 is 0. The molecule has 0 spiro atoms. The van der Waals surface area contributed by atoms with Crippen LogP contribution in [0.15, 0.2) is 0 Å².